The number of carbonyl (C=O) groups excluding carboxylic acids is 5. The molecule has 4 aromatic heterocycles. The number of hydrogen-bond donors (Lipinski definition) is 2. The molecule has 0 spiro atoms. The van der Waals surface area contributed by atoms with Crippen molar-refractivity contribution in [1.82, 2.24) is 23.9 Å². The van der Waals surface area contributed by atoms with Crippen LogP contribution in [0.5, 0.6) is 0 Å². The largest absolute Gasteiger partial charge is 0.756 e. The SMILES string of the molecule is CCCC(=O)O[C@@H]1[C@H](OC(=O)CCC)[C@@H](COP(=O)(O)OP(=O)([O-])OC[C@H]2O[C@@H]([n+]3cccc(C(N)=O)c3)[C@H](OC(=O)CCC)[C@@H]2OC(=O)CCC)O[C@H]1n1cnc2c1ncn1ccnc21. The van der Waals surface area contributed by atoms with E-state index in [1.54, 1.807) is 38.3 Å². The topological polar surface area (TPSA) is 324 Å². The summed E-state index contributed by atoms with van der Waals surface area (Å²) < 4.78 is 80.7. The van der Waals surface area contributed by atoms with Gasteiger partial charge in [-0.05, 0) is 31.7 Å². The van der Waals surface area contributed by atoms with Gasteiger partial charge in [0.1, 0.15) is 24.1 Å². The molecule has 66 heavy (non-hydrogen) atoms. The first-order valence-corrected chi connectivity index (χ1v) is 24.1. The smallest absolute Gasteiger partial charge is 0.478 e. The number of hydrogen-bond acceptors (Lipinski definition) is 20. The first-order valence-electron chi connectivity index (χ1n) is 21.2. The fourth-order valence-corrected chi connectivity index (χ4v) is 9.23. The molecule has 2 aliphatic heterocycles. The Morgan fingerprint density at radius 1 is 0.773 bits per heavy atom. The Kier molecular flexibility index (Phi) is 16.8. The molecule has 6 heterocycles. The van der Waals surface area contributed by atoms with Crippen LogP contribution in [0.15, 0.2) is 49.6 Å². The number of phosphoric acid groups is 2. The molecule has 0 bridgehead atoms. The van der Waals surface area contributed by atoms with Crippen molar-refractivity contribution in [2.24, 2.45) is 5.73 Å². The zero-order valence-corrected chi connectivity index (χ0v) is 38.1. The lowest BCUT2D eigenvalue weighted by molar-refractivity contribution is -0.765. The van der Waals surface area contributed by atoms with Crippen molar-refractivity contribution in [1.29, 1.82) is 0 Å². The molecule has 2 unspecified atom stereocenters. The van der Waals surface area contributed by atoms with Crippen LogP contribution in [0, 0.1) is 0 Å². The van der Waals surface area contributed by atoms with Crippen molar-refractivity contribution in [3.63, 3.8) is 0 Å². The minimum absolute atomic E-state index is 0.0236. The molecule has 360 valence electrons. The molecule has 0 aliphatic carbocycles. The molecule has 6 rings (SSSR count). The van der Waals surface area contributed by atoms with Crippen LogP contribution < -0.4 is 15.2 Å². The van der Waals surface area contributed by atoms with E-state index >= 15 is 0 Å². The van der Waals surface area contributed by atoms with E-state index in [9.17, 15) is 42.9 Å². The van der Waals surface area contributed by atoms with Crippen LogP contribution in [0.3, 0.4) is 0 Å². The highest BCUT2D eigenvalue weighted by molar-refractivity contribution is 7.60. The molecule has 1 amide bonds. The average Bonchev–Trinajstić information content (AvgIpc) is 4.05. The Morgan fingerprint density at radius 3 is 1.94 bits per heavy atom. The Balaban J connectivity index is 1.21. The summed E-state index contributed by atoms with van der Waals surface area (Å²) in [7, 11) is -11.5. The van der Waals surface area contributed by atoms with E-state index in [0.29, 0.717) is 36.8 Å². The number of rotatable bonds is 23. The standard InChI is InChI=1S/C39H51N7O18P2/c1-5-10-26(47)60-31-24(58-38(33(31)62-28(49)12-7-3)44-16-9-14-23(18-44)35(40)51)19-56-65(52,53)64-66(54,55)57-20-25-32(61-27(48)11-6-2)34(63-29(50)13-8-4)39(59-25)46-22-42-30-36-41-15-17-45(36)21-43-37(30)46/h9,14-18,21-22,24-25,31-34,38-39H,5-8,10-13,19-20H2,1-4H3,(H3-,40,51,52,53,54,55)/t24-,25-,31-,32-,33-,34-,38-,39-/m1/s1. The van der Waals surface area contributed by atoms with E-state index < -0.39 is 108 Å². The number of fused-ring (bicyclic) bond motifs is 3. The van der Waals surface area contributed by atoms with Gasteiger partial charge in [-0.15, -0.1) is 0 Å². The number of ether oxygens (including phenoxy) is 6. The lowest BCUT2D eigenvalue weighted by Gasteiger charge is -2.28. The highest BCUT2D eigenvalue weighted by atomic mass is 31.3. The zero-order chi connectivity index (χ0) is 47.8. The number of carbonyl (C=O) groups is 5. The number of primary amides is 1. The molecule has 2 aliphatic rings. The van der Waals surface area contributed by atoms with E-state index in [1.807, 2.05) is 0 Å². The van der Waals surface area contributed by atoms with Gasteiger partial charge in [-0.3, -0.25) is 42.0 Å². The summed E-state index contributed by atoms with van der Waals surface area (Å²) in [4.78, 5) is 101. The van der Waals surface area contributed by atoms with Gasteiger partial charge in [0.2, 0.25) is 6.10 Å². The van der Waals surface area contributed by atoms with Crippen LogP contribution in [0.1, 0.15) is 102 Å². The Hall–Kier alpha value is -5.23. The summed E-state index contributed by atoms with van der Waals surface area (Å²) in [6.07, 6.45) is -1.56. The summed E-state index contributed by atoms with van der Waals surface area (Å²) in [5.41, 5.74) is 6.47. The molecule has 3 N–H and O–H groups in total. The van der Waals surface area contributed by atoms with Crippen LogP contribution >= 0.6 is 15.6 Å². The second-order valence-corrected chi connectivity index (χ2v) is 18.2. The quantitative estimate of drug-likeness (QED) is 0.0466. The van der Waals surface area contributed by atoms with Gasteiger partial charge < -0.3 is 48.5 Å². The van der Waals surface area contributed by atoms with Gasteiger partial charge in [0, 0.05) is 44.1 Å². The number of esters is 4. The predicted molar refractivity (Wildman–Crippen MR) is 219 cm³/mol. The lowest BCUT2D eigenvalue weighted by Crippen LogP contribution is -2.49. The molecule has 2 fully saturated rings. The highest BCUT2D eigenvalue weighted by Gasteiger charge is 2.56. The van der Waals surface area contributed by atoms with E-state index in [4.69, 9.17) is 43.2 Å². The van der Waals surface area contributed by atoms with Gasteiger partial charge in [-0.2, -0.15) is 4.57 Å². The van der Waals surface area contributed by atoms with E-state index in [1.165, 1.54) is 52.5 Å². The molecule has 10 atom stereocenters. The normalized spacial score (nSPS) is 24.7. The minimum Gasteiger partial charge on any atom is -0.756 e. The van der Waals surface area contributed by atoms with Crippen LogP contribution in [-0.4, -0.2) is 108 Å². The zero-order valence-electron chi connectivity index (χ0n) is 36.4. The van der Waals surface area contributed by atoms with Gasteiger partial charge in [0.05, 0.1) is 19.5 Å². The lowest BCUT2D eigenvalue weighted by atomic mass is 10.1. The maximum absolute atomic E-state index is 13.4. The number of amides is 1. The van der Waals surface area contributed by atoms with Gasteiger partial charge in [0.25, 0.3) is 13.7 Å². The van der Waals surface area contributed by atoms with E-state index in [0.717, 1.165) is 0 Å². The summed E-state index contributed by atoms with van der Waals surface area (Å²) in [5.74, 6) is -3.71. The number of imidazole rings is 2. The Morgan fingerprint density at radius 2 is 1.33 bits per heavy atom. The monoisotopic (exact) mass is 967 g/mol. The molecule has 0 aromatic carbocycles. The second-order valence-electron chi connectivity index (χ2n) is 15.2. The maximum Gasteiger partial charge on any atom is 0.478 e. The van der Waals surface area contributed by atoms with E-state index in [2.05, 4.69) is 19.3 Å². The van der Waals surface area contributed by atoms with Crippen molar-refractivity contribution in [2.75, 3.05) is 13.2 Å². The summed E-state index contributed by atoms with van der Waals surface area (Å²) in [6, 6.07) is 2.84. The number of phosphoric ester groups is 2. The molecule has 0 saturated carbocycles. The number of nitrogens with two attached hydrogens (primary N) is 1. The Bertz CT molecular complexity index is 2480. The summed E-state index contributed by atoms with van der Waals surface area (Å²) >= 11 is 0. The molecular weight excluding hydrogens is 916 g/mol. The highest BCUT2D eigenvalue weighted by Crippen LogP contribution is 2.58. The third-order valence-electron chi connectivity index (χ3n) is 10.1. The van der Waals surface area contributed by atoms with Crippen molar-refractivity contribution >= 4 is 62.2 Å². The maximum atomic E-state index is 13.4. The fourth-order valence-electron chi connectivity index (χ4n) is 7.18. The van der Waals surface area contributed by atoms with Gasteiger partial charge in [0.15, 0.2) is 53.7 Å². The third-order valence-corrected chi connectivity index (χ3v) is 12.7. The summed E-state index contributed by atoms with van der Waals surface area (Å²) in [5, 5.41) is 0. The van der Waals surface area contributed by atoms with Crippen molar-refractivity contribution in [2.45, 2.75) is 128 Å². The number of pyridine rings is 1. The fraction of sp³-hybridized carbons (Fsp3) is 0.564. The summed E-state index contributed by atoms with van der Waals surface area (Å²) in [6.45, 7) is 4.89. The number of nitrogens with zero attached hydrogens (tertiary/aromatic N) is 6. The molecule has 25 nitrogen and oxygen atoms in total. The molecule has 4 aromatic rings. The van der Waals surface area contributed by atoms with Crippen LogP contribution in [-0.2, 0) is 70.1 Å². The molecule has 2 saturated heterocycles. The Labute approximate surface area is 376 Å². The minimum atomic E-state index is -5.86. The molecule has 27 heteroatoms. The first kappa shape index (κ1) is 50.2. The first-order chi connectivity index (χ1) is 31.5. The van der Waals surface area contributed by atoms with Gasteiger partial charge in [-0.1, -0.05) is 27.7 Å². The van der Waals surface area contributed by atoms with Crippen LogP contribution in [0.2, 0.25) is 0 Å². The van der Waals surface area contributed by atoms with Gasteiger partial charge in [-0.25, -0.2) is 23.8 Å². The average molecular weight is 968 g/mol. The van der Waals surface area contributed by atoms with Crippen molar-refractivity contribution in [3.05, 3.63) is 55.1 Å². The van der Waals surface area contributed by atoms with Gasteiger partial charge >= 0.3 is 37.9 Å². The predicted octanol–water partition coefficient (Wildman–Crippen LogP) is 2.43. The van der Waals surface area contributed by atoms with Crippen LogP contribution in [0.25, 0.3) is 16.8 Å². The molecular formula is C39H51N7O18P2. The molecule has 0 radical (unpaired) electrons. The third kappa shape index (κ3) is 12.2. The van der Waals surface area contributed by atoms with Crippen molar-refractivity contribution in [3.8, 4) is 0 Å². The van der Waals surface area contributed by atoms with Crippen molar-refractivity contribution < 1.29 is 89.2 Å². The number of aromatic nitrogens is 6. The van der Waals surface area contributed by atoms with Crippen LogP contribution in [0.4, 0.5) is 0 Å². The second kappa shape index (κ2) is 22.0. The van der Waals surface area contributed by atoms with E-state index in [-0.39, 0.29) is 36.9 Å².